The molecule has 0 unspecified atom stereocenters. The van der Waals surface area contributed by atoms with Crippen molar-refractivity contribution >= 4 is 11.8 Å². The maximum absolute atomic E-state index is 13.2. The molecule has 1 heterocycles. The van der Waals surface area contributed by atoms with E-state index in [1.54, 1.807) is 12.1 Å². The summed E-state index contributed by atoms with van der Waals surface area (Å²) >= 11 is 0. The number of carbonyl (C=O) groups is 2. The third-order valence-corrected chi connectivity index (χ3v) is 5.97. The lowest BCUT2D eigenvalue weighted by molar-refractivity contribution is -0.133. The number of hydrogen-bond acceptors (Lipinski definition) is 2. The van der Waals surface area contributed by atoms with Gasteiger partial charge in [-0.25, -0.2) is 8.78 Å². The van der Waals surface area contributed by atoms with Gasteiger partial charge in [-0.05, 0) is 73.4 Å². The van der Waals surface area contributed by atoms with E-state index in [1.807, 2.05) is 17.0 Å². The zero-order chi connectivity index (χ0) is 21.1. The van der Waals surface area contributed by atoms with Crippen LogP contribution in [0.15, 0.2) is 42.5 Å². The minimum Gasteiger partial charge on any atom is -0.348 e. The Labute approximate surface area is 175 Å². The number of carbonyl (C=O) groups excluding carboxylic acids is 2. The average molecular weight is 412 g/mol. The van der Waals surface area contributed by atoms with Crippen LogP contribution >= 0.6 is 0 Å². The van der Waals surface area contributed by atoms with E-state index < -0.39 is 11.6 Å². The summed E-state index contributed by atoms with van der Waals surface area (Å²) in [6.45, 7) is 1.76. The van der Waals surface area contributed by atoms with Crippen LogP contribution in [0.5, 0.6) is 0 Å². The maximum Gasteiger partial charge on any atom is 0.251 e. The smallest absolute Gasteiger partial charge is 0.251 e. The van der Waals surface area contributed by atoms with Crippen LogP contribution in [0.4, 0.5) is 8.78 Å². The molecule has 2 aromatic carbocycles. The number of benzene rings is 2. The molecule has 4 rings (SSSR count). The highest BCUT2D eigenvalue weighted by Crippen LogP contribution is 2.33. The van der Waals surface area contributed by atoms with Gasteiger partial charge in [0.1, 0.15) is 11.6 Å². The molecule has 1 aliphatic heterocycles. The van der Waals surface area contributed by atoms with E-state index in [4.69, 9.17) is 0 Å². The summed E-state index contributed by atoms with van der Waals surface area (Å²) in [6, 6.07) is 10.7. The fourth-order valence-corrected chi connectivity index (χ4v) is 4.07. The van der Waals surface area contributed by atoms with Crippen LogP contribution in [0.3, 0.4) is 0 Å². The van der Waals surface area contributed by atoms with Crippen LogP contribution in [0.2, 0.25) is 0 Å². The zero-order valence-electron chi connectivity index (χ0n) is 16.9. The highest BCUT2D eigenvalue weighted by atomic mass is 19.1. The summed E-state index contributed by atoms with van der Waals surface area (Å²) in [4.78, 5) is 26.5. The fourth-order valence-electron chi connectivity index (χ4n) is 4.07. The first-order valence-corrected chi connectivity index (χ1v) is 10.6. The standard InChI is InChI=1S/C24H26F2N2O2/c25-21-12-18(13-22(26)14-21)15-27-23(29)19-3-1-16(2-4-19)11-17-7-9-28(10-8-17)24(30)20-5-6-20/h1-4,12-14,17,20H,5-11,15H2,(H,27,29). The van der Waals surface area contributed by atoms with Crippen LogP contribution < -0.4 is 5.32 Å². The second kappa shape index (κ2) is 8.94. The second-order valence-electron chi connectivity index (χ2n) is 8.40. The molecular formula is C24H26F2N2O2. The van der Waals surface area contributed by atoms with E-state index >= 15 is 0 Å². The minimum atomic E-state index is -0.661. The predicted molar refractivity (Wildman–Crippen MR) is 110 cm³/mol. The van der Waals surface area contributed by atoms with Gasteiger partial charge in [0.25, 0.3) is 5.91 Å². The van der Waals surface area contributed by atoms with Crippen molar-refractivity contribution in [2.45, 2.75) is 38.6 Å². The zero-order valence-corrected chi connectivity index (χ0v) is 16.9. The van der Waals surface area contributed by atoms with Gasteiger partial charge in [-0.15, -0.1) is 0 Å². The normalized spacial score (nSPS) is 17.1. The Bertz CT molecular complexity index is 897. The summed E-state index contributed by atoms with van der Waals surface area (Å²) in [5.74, 6) is -0.420. The van der Waals surface area contributed by atoms with Gasteiger partial charge in [0.2, 0.25) is 5.91 Å². The molecule has 0 spiro atoms. The van der Waals surface area contributed by atoms with Crippen LogP contribution in [-0.2, 0) is 17.8 Å². The molecular weight excluding hydrogens is 386 g/mol. The number of piperidine rings is 1. The molecule has 2 aromatic rings. The molecule has 1 N–H and O–H groups in total. The quantitative estimate of drug-likeness (QED) is 0.777. The molecule has 2 amide bonds. The number of nitrogens with one attached hydrogen (secondary N) is 1. The van der Waals surface area contributed by atoms with Crippen molar-refractivity contribution in [1.82, 2.24) is 10.2 Å². The van der Waals surface area contributed by atoms with Crippen molar-refractivity contribution in [3.05, 3.63) is 70.8 Å². The SMILES string of the molecule is O=C(NCc1cc(F)cc(F)c1)c1ccc(CC2CCN(C(=O)C3CC3)CC2)cc1. The van der Waals surface area contributed by atoms with Gasteiger partial charge in [0.15, 0.2) is 0 Å². The minimum absolute atomic E-state index is 0.0629. The van der Waals surface area contributed by atoms with E-state index in [-0.39, 0.29) is 12.5 Å². The van der Waals surface area contributed by atoms with E-state index in [2.05, 4.69) is 5.32 Å². The van der Waals surface area contributed by atoms with Crippen LogP contribution in [0.25, 0.3) is 0 Å². The third kappa shape index (κ3) is 5.23. The average Bonchev–Trinajstić information content (AvgIpc) is 3.57. The highest BCUT2D eigenvalue weighted by Gasteiger charge is 2.34. The second-order valence-corrected chi connectivity index (χ2v) is 8.40. The topological polar surface area (TPSA) is 49.4 Å². The fraction of sp³-hybridized carbons (Fsp3) is 0.417. The molecule has 2 fully saturated rings. The number of nitrogens with zero attached hydrogens (tertiary/aromatic N) is 1. The first kappa shape index (κ1) is 20.5. The van der Waals surface area contributed by atoms with Gasteiger partial charge in [-0.2, -0.15) is 0 Å². The molecule has 0 atom stereocenters. The Morgan fingerprint density at radius 1 is 0.900 bits per heavy atom. The van der Waals surface area contributed by atoms with E-state index in [0.717, 1.165) is 51.3 Å². The molecule has 1 saturated carbocycles. The molecule has 1 saturated heterocycles. The number of hydrogen-bond donors (Lipinski definition) is 1. The molecule has 158 valence electrons. The molecule has 4 nitrogen and oxygen atoms in total. The monoisotopic (exact) mass is 412 g/mol. The summed E-state index contributed by atoms with van der Waals surface area (Å²) < 4.78 is 26.5. The Kier molecular flexibility index (Phi) is 6.11. The lowest BCUT2D eigenvalue weighted by Crippen LogP contribution is -2.39. The van der Waals surface area contributed by atoms with Gasteiger partial charge < -0.3 is 10.2 Å². The Morgan fingerprint density at radius 3 is 2.13 bits per heavy atom. The van der Waals surface area contributed by atoms with E-state index in [9.17, 15) is 18.4 Å². The molecule has 2 aliphatic rings. The van der Waals surface area contributed by atoms with Crippen molar-refractivity contribution in [3.63, 3.8) is 0 Å². The summed E-state index contributed by atoms with van der Waals surface area (Å²) in [6.07, 6.45) is 5.08. The van der Waals surface area contributed by atoms with Crippen molar-refractivity contribution in [2.24, 2.45) is 11.8 Å². The molecule has 0 bridgehead atoms. The maximum atomic E-state index is 13.2. The van der Waals surface area contributed by atoms with E-state index in [0.29, 0.717) is 28.9 Å². The first-order chi connectivity index (χ1) is 14.5. The Hall–Kier alpha value is -2.76. The van der Waals surface area contributed by atoms with Crippen LogP contribution in [-0.4, -0.2) is 29.8 Å². The lowest BCUT2D eigenvalue weighted by Gasteiger charge is -2.32. The van der Waals surface area contributed by atoms with Crippen molar-refractivity contribution in [3.8, 4) is 0 Å². The predicted octanol–water partition coefficient (Wildman–Crippen LogP) is 4.09. The largest absolute Gasteiger partial charge is 0.348 e. The summed E-state index contributed by atoms with van der Waals surface area (Å²) in [5.41, 5.74) is 2.06. The van der Waals surface area contributed by atoms with Crippen LogP contribution in [0.1, 0.15) is 47.2 Å². The summed E-state index contributed by atoms with van der Waals surface area (Å²) in [7, 11) is 0. The molecule has 30 heavy (non-hydrogen) atoms. The van der Waals surface area contributed by atoms with Crippen LogP contribution in [0, 0.1) is 23.5 Å². The number of likely N-dealkylation sites (tertiary alicyclic amines) is 1. The number of rotatable bonds is 6. The molecule has 1 aliphatic carbocycles. The van der Waals surface area contributed by atoms with E-state index in [1.165, 1.54) is 17.7 Å². The van der Waals surface area contributed by atoms with Gasteiger partial charge in [0, 0.05) is 37.2 Å². The number of halogens is 2. The van der Waals surface area contributed by atoms with Crippen molar-refractivity contribution in [1.29, 1.82) is 0 Å². The molecule has 6 heteroatoms. The van der Waals surface area contributed by atoms with Gasteiger partial charge >= 0.3 is 0 Å². The number of amides is 2. The lowest BCUT2D eigenvalue weighted by atomic mass is 9.89. The highest BCUT2D eigenvalue weighted by molar-refractivity contribution is 5.94. The Morgan fingerprint density at radius 2 is 1.53 bits per heavy atom. The van der Waals surface area contributed by atoms with Gasteiger partial charge in [-0.3, -0.25) is 9.59 Å². The Balaban J connectivity index is 1.25. The first-order valence-electron chi connectivity index (χ1n) is 10.6. The summed E-state index contributed by atoms with van der Waals surface area (Å²) in [5, 5.41) is 2.69. The molecule has 0 radical (unpaired) electrons. The van der Waals surface area contributed by atoms with Crippen molar-refractivity contribution < 1.29 is 18.4 Å². The van der Waals surface area contributed by atoms with Gasteiger partial charge in [-0.1, -0.05) is 12.1 Å². The third-order valence-electron chi connectivity index (χ3n) is 5.97. The van der Waals surface area contributed by atoms with Gasteiger partial charge in [0.05, 0.1) is 0 Å². The van der Waals surface area contributed by atoms with Crippen molar-refractivity contribution in [2.75, 3.05) is 13.1 Å². The molecule has 0 aromatic heterocycles.